The molecule has 1 unspecified atom stereocenters. The molecule has 2 heterocycles. The number of halogens is 3. The summed E-state index contributed by atoms with van der Waals surface area (Å²) >= 11 is 0. The van der Waals surface area contributed by atoms with E-state index in [1.165, 1.54) is 10.4 Å². The zero-order chi connectivity index (χ0) is 15.7. The Morgan fingerprint density at radius 2 is 1.70 bits per heavy atom. The molecule has 2 saturated heterocycles. The largest absolute Gasteiger partial charge is 0.314 e. The van der Waals surface area contributed by atoms with Gasteiger partial charge in [0.25, 0.3) is 0 Å². The van der Waals surface area contributed by atoms with Gasteiger partial charge in [-0.05, 0) is 50.3 Å². The van der Waals surface area contributed by atoms with Crippen LogP contribution in [-0.4, -0.2) is 38.4 Å². The Bertz CT molecular complexity index is 623. The summed E-state index contributed by atoms with van der Waals surface area (Å²) in [5.74, 6) is -1.61. The maximum atomic E-state index is 13.8. The average Bonchev–Trinajstić information content (AvgIpc) is 3.01. The fraction of sp³-hybridized carbons (Fsp3) is 0.600. The Kier molecular flexibility index (Phi) is 5.99. The van der Waals surface area contributed by atoms with Crippen molar-refractivity contribution in [3.05, 3.63) is 29.8 Å². The Hall–Kier alpha value is -0.760. The lowest BCUT2D eigenvalue weighted by atomic mass is 9.89. The van der Waals surface area contributed by atoms with E-state index in [1.54, 1.807) is 0 Å². The molecular weight excluding hydrogens is 346 g/mol. The topological polar surface area (TPSA) is 49.4 Å². The minimum atomic E-state index is -4.11. The van der Waals surface area contributed by atoms with Crippen molar-refractivity contribution >= 4 is 22.4 Å². The Morgan fingerprint density at radius 1 is 1.09 bits per heavy atom. The van der Waals surface area contributed by atoms with E-state index in [2.05, 4.69) is 5.32 Å². The second kappa shape index (κ2) is 7.42. The first-order valence-electron chi connectivity index (χ1n) is 7.67. The fourth-order valence-corrected chi connectivity index (χ4v) is 5.07. The molecule has 2 aliphatic rings. The van der Waals surface area contributed by atoms with E-state index in [0.29, 0.717) is 25.0 Å². The van der Waals surface area contributed by atoms with Crippen LogP contribution in [-0.2, 0) is 10.0 Å². The van der Waals surface area contributed by atoms with Gasteiger partial charge in [0.2, 0.25) is 10.0 Å². The number of nitrogens with one attached hydrogen (secondary N) is 1. The van der Waals surface area contributed by atoms with E-state index in [1.807, 2.05) is 0 Å². The molecule has 1 aromatic rings. The van der Waals surface area contributed by atoms with Gasteiger partial charge >= 0.3 is 0 Å². The summed E-state index contributed by atoms with van der Waals surface area (Å²) in [6, 6.07) is 3.58. The van der Waals surface area contributed by atoms with Crippen molar-refractivity contribution in [1.82, 2.24) is 9.62 Å². The Balaban J connectivity index is 0.00000192. The minimum absolute atomic E-state index is 0. The molecule has 0 amide bonds. The van der Waals surface area contributed by atoms with Gasteiger partial charge in [-0.15, -0.1) is 12.4 Å². The van der Waals surface area contributed by atoms with Crippen molar-refractivity contribution in [2.24, 2.45) is 5.92 Å². The molecule has 0 bridgehead atoms. The maximum absolute atomic E-state index is 13.8. The predicted molar refractivity (Wildman–Crippen MR) is 86.1 cm³/mol. The van der Waals surface area contributed by atoms with E-state index in [0.717, 1.165) is 44.4 Å². The number of piperidine rings is 1. The van der Waals surface area contributed by atoms with Crippen LogP contribution < -0.4 is 5.32 Å². The van der Waals surface area contributed by atoms with Crippen molar-refractivity contribution in [2.45, 2.75) is 36.6 Å². The number of hydrogen-bond donors (Lipinski definition) is 1. The number of nitrogens with zero attached hydrogens (tertiary/aromatic N) is 1. The third-order valence-electron chi connectivity index (χ3n) is 4.68. The second-order valence-electron chi connectivity index (χ2n) is 6.00. The molecule has 23 heavy (non-hydrogen) atoms. The number of hydrogen-bond acceptors (Lipinski definition) is 3. The van der Waals surface area contributed by atoms with Gasteiger partial charge in [0.1, 0.15) is 11.6 Å². The van der Waals surface area contributed by atoms with Gasteiger partial charge in [-0.1, -0.05) is 6.07 Å². The van der Waals surface area contributed by atoms with E-state index < -0.39 is 26.6 Å². The molecule has 1 aromatic carbocycles. The van der Waals surface area contributed by atoms with Gasteiger partial charge in [-0.25, -0.2) is 17.2 Å². The quantitative estimate of drug-likeness (QED) is 0.894. The third kappa shape index (κ3) is 3.68. The lowest BCUT2D eigenvalue weighted by Gasteiger charge is -2.34. The van der Waals surface area contributed by atoms with Crippen LogP contribution in [0.4, 0.5) is 8.78 Å². The van der Waals surface area contributed by atoms with Crippen LogP contribution in [0, 0.1) is 17.6 Å². The molecule has 2 fully saturated rings. The summed E-state index contributed by atoms with van der Waals surface area (Å²) < 4.78 is 53.7. The molecule has 4 nitrogen and oxygen atoms in total. The molecule has 1 N–H and O–H groups in total. The van der Waals surface area contributed by atoms with Gasteiger partial charge in [0.15, 0.2) is 4.90 Å². The fourth-order valence-electron chi connectivity index (χ4n) is 3.49. The molecule has 0 spiro atoms. The van der Waals surface area contributed by atoms with Crippen LogP contribution in [0.15, 0.2) is 23.1 Å². The van der Waals surface area contributed by atoms with Crippen molar-refractivity contribution in [3.8, 4) is 0 Å². The highest BCUT2D eigenvalue weighted by Gasteiger charge is 2.35. The van der Waals surface area contributed by atoms with E-state index in [-0.39, 0.29) is 12.4 Å². The highest BCUT2D eigenvalue weighted by Crippen LogP contribution is 2.30. The molecular formula is C15H21ClF2N2O2S. The zero-order valence-electron chi connectivity index (χ0n) is 12.7. The zero-order valence-corrected chi connectivity index (χ0v) is 14.3. The molecule has 130 valence electrons. The van der Waals surface area contributed by atoms with Gasteiger partial charge < -0.3 is 5.32 Å². The summed E-state index contributed by atoms with van der Waals surface area (Å²) in [5.41, 5.74) is 0. The van der Waals surface area contributed by atoms with Gasteiger partial charge in [-0.2, -0.15) is 4.31 Å². The molecule has 1 atom stereocenters. The highest BCUT2D eigenvalue weighted by molar-refractivity contribution is 7.89. The Morgan fingerprint density at radius 3 is 2.22 bits per heavy atom. The lowest BCUT2D eigenvalue weighted by molar-refractivity contribution is 0.233. The second-order valence-corrected chi connectivity index (χ2v) is 7.87. The summed E-state index contributed by atoms with van der Waals surface area (Å²) in [4.78, 5) is -0.826. The van der Waals surface area contributed by atoms with Crippen LogP contribution in [0.1, 0.15) is 25.7 Å². The van der Waals surface area contributed by atoms with E-state index in [4.69, 9.17) is 0 Å². The number of sulfonamides is 1. The van der Waals surface area contributed by atoms with Crippen molar-refractivity contribution in [1.29, 1.82) is 0 Å². The molecule has 0 saturated carbocycles. The molecule has 0 aliphatic carbocycles. The van der Waals surface area contributed by atoms with Crippen LogP contribution in [0.2, 0.25) is 0 Å². The summed E-state index contributed by atoms with van der Waals surface area (Å²) in [6.45, 7) is 1.65. The molecule has 3 rings (SSSR count). The first kappa shape index (κ1) is 18.6. The highest BCUT2D eigenvalue weighted by atomic mass is 35.5. The van der Waals surface area contributed by atoms with E-state index in [9.17, 15) is 17.2 Å². The summed E-state index contributed by atoms with van der Waals surface area (Å²) in [5, 5.41) is 3.44. The van der Waals surface area contributed by atoms with Crippen LogP contribution in [0.5, 0.6) is 0 Å². The lowest BCUT2D eigenvalue weighted by Crippen LogP contribution is -2.43. The Labute approximate surface area is 141 Å². The van der Waals surface area contributed by atoms with Crippen LogP contribution in [0.25, 0.3) is 0 Å². The summed E-state index contributed by atoms with van der Waals surface area (Å²) in [6.07, 6.45) is 3.74. The maximum Gasteiger partial charge on any atom is 0.248 e. The van der Waals surface area contributed by atoms with Gasteiger partial charge in [-0.3, -0.25) is 0 Å². The molecule has 0 radical (unpaired) electrons. The normalized spacial score (nSPS) is 23.7. The number of rotatable bonds is 3. The standard InChI is InChI=1S/C15H20F2N2O2S.ClH/c16-12-3-1-4-13(17)15(12)22(20,21)19-9-6-11(7-10-19)14-5-2-8-18-14;/h1,3-4,11,14,18H,2,5-10H2;1H. The van der Waals surface area contributed by atoms with E-state index >= 15 is 0 Å². The SMILES string of the molecule is Cl.O=S(=O)(c1c(F)cccc1F)N1CCC(C2CCCN2)CC1. The smallest absolute Gasteiger partial charge is 0.248 e. The molecule has 0 aromatic heterocycles. The monoisotopic (exact) mass is 366 g/mol. The van der Waals surface area contributed by atoms with Crippen LogP contribution >= 0.6 is 12.4 Å². The predicted octanol–water partition coefficient (Wildman–Crippen LogP) is 2.54. The molecule has 8 heteroatoms. The number of benzene rings is 1. The van der Waals surface area contributed by atoms with Gasteiger partial charge in [0, 0.05) is 19.1 Å². The first-order valence-corrected chi connectivity index (χ1v) is 9.11. The minimum Gasteiger partial charge on any atom is -0.314 e. The average molecular weight is 367 g/mol. The van der Waals surface area contributed by atoms with Gasteiger partial charge in [0.05, 0.1) is 0 Å². The summed E-state index contributed by atoms with van der Waals surface area (Å²) in [7, 11) is -4.11. The van der Waals surface area contributed by atoms with Crippen molar-refractivity contribution in [3.63, 3.8) is 0 Å². The third-order valence-corrected chi connectivity index (χ3v) is 6.63. The first-order chi connectivity index (χ1) is 10.5. The van der Waals surface area contributed by atoms with Crippen molar-refractivity contribution < 1.29 is 17.2 Å². The molecule has 2 aliphatic heterocycles. The van der Waals surface area contributed by atoms with Crippen LogP contribution in [0.3, 0.4) is 0 Å². The van der Waals surface area contributed by atoms with Crippen molar-refractivity contribution in [2.75, 3.05) is 19.6 Å².